The van der Waals surface area contributed by atoms with Gasteiger partial charge < -0.3 is 4.90 Å². The van der Waals surface area contributed by atoms with Crippen molar-refractivity contribution >= 4 is 23.2 Å². The van der Waals surface area contributed by atoms with Gasteiger partial charge in [0.15, 0.2) is 0 Å². The van der Waals surface area contributed by atoms with Crippen molar-refractivity contribution in [1.29, 1.82) is 0 Å². The molecule has 0 aliphatic carbocycles. The molecule has 0 radical (unpaired) electrons. The molecule has 1 aliphatic rings. The van der Waals surface area contributed by atoms with Gasteiger partial charge >= 0.3 is 0 Å². The summed E-state index contributed by atoms with van der Waals surface area (Å²) in [5.74, 6) is -0.562. The van der Waals surface area contributed by atoms with E-state index in [0.717, 1.165) is 0 Å². The van der Waals surface area contributed by atoms with Crippen molar-refractivity contribution in [2.45, 2.75) is 13.5 Å². The topological polar surface area (TPSA) is 66.7 Å². The molecule has 0 unspecified atom stereocenters. The summed E-state index contributed by atoms with van der Waals surface area (Å²) in [5.41, 5.74) is 1.10. The molecule has 2 aromatic rings. The van der Waals surface area contributed by atoms with Crippen LogP contribution in [0.15, 0.2) is 36.4 Å². The van der Waals surface area contributed by atoms with Crippen molar-refractivity contribution in [3.63, 3.8) is 0 Å². The molecule has 6 nitrogen and oxygen atoms in total. The number of nitrogens with zero attached hydrogens (tertiary/aromatic N) is 3. The van der Waals surface area contributed by atoms with Crippen molar-refractivity contribution in [2.24, 2.45) is 0 Å². The summed E-state index contributed by atoms with van der Waals surface area (Å²) < 4.78 is 13.9. The van der Waals surface area contributed by atoms with E-state index in [2.05, 4.69) is 0 Å². The second-order valence-electron chi connectivity index (χ2n) is 6.48. The highest BCUT2D eigenvalue weighted by molar-refractivity contribution is 6.31. The number of rotatable bonds is 4. The Morgan fingerprint density at radius 3 is 2.48 bits per heavy atom. The van der Waals surface area contributed by atoms with E-state index in [1.165, 1.54) is 18.2 Å². The van der Waals surface area contributed by atoms with Crippen LogP contribution < -0.4 is 0 Å². The number of carbonyl (C=O) groups is 1. The van der Waals surface area contributed by atoms with Gasteiger partial charge in [0.1, 0.15) is 5.82 Å². The molecule has 0 aromatic heterocycles. The Labute approximate surface area is 161 Å². The first-order valence-corrected chi connectivity index (χ1v) is 8.95. The van der Waals surface area contributed by atoms with E-state index in [9.17, 15) is 19.3 Å². The predicted molar refractivity (Wildman–Crippen MR) is 100 cm³/mol. The molecule has 0 spiro atoms. The first-order valence-electron chi connectivity index (χ1n) is 8.57. The molecule has 27 heavy (non-hydrogen) atoms. The first kappa shape index (κ1) is 19.3. The lowest BCUT2D eigenvalue weighted by Crippen LogP contribution is -2.48. The van der Waals surface area contributed by atoms with Crippen LogP contribution in [0.5, 0.6) is 0 Å². The number of hydrogen-bond acceptors (Lipinski definition) is 4. The molecule has 0 bridgehead atoms. The molecule has 3 rings (SSSR count). The van der Waals surface area contributed by atoms with E-state index in [4.69, 9.17) is 11.6 Å². The monoisotopic (exact) mass is 391 g/mol. The van der Waals surface area contributed by atoms with Crippen LogP contribution in [-0.2, 0) is 6.54 Å². The average molecular weight is 392 g/mol. The third-order valence-electron chi connectivity index (χ3n) is 4.84. The van der Waals surface area contributed by atoms with Crippen LogP contribution in [-0.4, -0.2) is 46.8 Å². The lowest BCUT2D eigenvalue weighted by molar-refractivity contribution is -0.385. The zero-order chi connectivity index (χ0) is 19.6. The fraction of sp³-hybridized carbons (Fsp3) is 0.316. The SMILES string of the molecule is Cc1c(C(=O)N2CCN(Cc3c(F)cccc3Cl)CC2)cccc1[N+](=O)[O-]. The summed E-state index contributed by atoms with van der Waals surface area (Å²) in [4.78, 5) is 27.1. The normalized spacial score (nSPS) is 15.0. The number of hydrogen-bond donors (Lipinski definition) is 0. The zero-order valence-corrected chi connectivity index (χ0v) is 15.6. The highest BCUT2D eigenvalue weighted by atomic mass is 35.5. The van der Waals surface area contributed by atoms with Gasteiger partial charge in [0.2, 0.25) is 0 Å². The number of amides is 1. The molecule has 1 fully saturated rings. The van der Waals surface area contributed by atoms with Crippen LogP contribution in [0.1, 0.15) is 21.5 Å². The van der Waals surface area contributed by atoms with Crippen LogP contribution in [0.3, 0.4) is 0 Å². The lowest BCUT2D eigenvalue weighted by atomic mass is 10.1. The molecule has 0 N–H and O–H groups in total. The third kappa shape index (κ3) is 4.09. The Kier molecular flexibility index (Phi) is 5.72. The maximum atomic E-state index is 13.9. The van der Waals surface area contributed by atoms with E-state index in [0.29, 0.717) is 54.4 Å². The molecule has 2 aromatic carbocycles. The molecule has 1 amide bonds. The van der Waals surface area contributed by atoms with E-state index in [-0.39, 0.29) is 17.4 Å². The summed E-state index contributed by atoms with van der Waals surface area (Å²) in [6, 6.07) is 9.13. The van der Waals surface area contributed by atoms with E-state index >= 15 is 0 Å². The van der Waals surface area contributed by atoms with E-state index in [1.807, 2.05) is 4.90 Å². The minimum Gasteiger partial charge on any atom is -0.336 e. The summed E-state index contributed by atoms with van der Waals surface area (Å²) in [6.45, 7) is 4.04. The Morgan fingerprint density at radius 2 is 1.85 bits per heavy atom. The predicted octanol–water partition coefficient (Wildman–Crippen LogP) is 3.65. The Bertz CT molecular complexity index is 862. The van der Waals surface area contributed by atoms with Gasteiger partial charge in [0.25, 0.3) is 11.6 Å². The van der Waals surface area contributed by atoms with Crippen LogP contribution in [0, 0.1) is 22.9 Å². The first-order chi connectivity index (χ1) is 12.9. The van der Waals surface area contributed by atoms with Gasteiger partial charge in [-0.2, -0.15) is 0 Å². The fourth-order valence-electron chi connectivity index (χ4n) is 3.24. The number of piperazine rings is 1. The Balaban J connectivity index is 1.67. The fourth-order valence-corrected chi connectivity index (χ4v) is 3.46. The van der Waals surface area contributed by atoms with Crippen LogP contribution in [0.25, 0.3) is 0 Å². The summed E-state index contributed by atoms with van der Waals surface area (Å²) in [6.07, 6.45) is 0. The molecule has 1 aliphatic heterocycles. The molecule has 1 heterocycles. The van der Waals surface area contributed by atoms with Gasteiger partial charge in [-0.3, -0.25) is 19.8 Å². The van der Waals surface area contributed by atoms with Crippen LogP contribution >= 0.6 is 11.6 Å². The number of nitro groups is 1. The molecular formula is C19H19ClFN3O3. The van der Waals surface area contributed by atoms with Crippen LogP contribution in [0.2, 0.25) is 5.02 Å². The van der Waals surface area contributed by atoms with Crippen molar-refractivity contribution in [3.05, 3.63) is 74.0 Å². The molecule has 8 heteroatoms. The molecule has 0 saturated carbocycles. The smallest absolute Gasteiger partial charge is 0.273 e. The van der Waals surface area contributed by atoms with E-state index < -0.39 is 4.92 Å². The molecular weight excluding hydrogens is 373 g/mol. The molecule has 1 saturated heterocycles. The standard InChI is InChI=1S/C19H19ClFN3O3/c1-13-14(4-2-7-18(13)24(26)27)19(25)23-10-8-22(9-11-23)12-15-16(20)5-3-6-17(15)21/h2-7H,8-12H2,1H3. The van der Waals surface area contributed by atoms with Gasteiger partial charge in [0, 0.05) is 60.5 Å². The van der Waals surface area contributed by atoms with Gasteiger partial charge in [-0.15, -0.1) is 0 Å². The number of benzene rings is 2. The number of carbonyl (C=O) groups excluding carboxylic acids is 1. The average Bonchev–Trinajstić information content (AvgIpc) is 2.65. The third-order valence-corrected chi connectivity index (χ3v) is 5.19. The summed E-state index contributed by atoms with van der Waals surface area (Å²) in [5, 5.41) is 11.5. The summed E-state index contributed by atoms with van der Waals surface area (Å²) in [7, 11) is 0. The maximum Gasteiger partial charge on any atom is 0.273 e. The molecule has 0 atom stereocenters. The van der Waals surface area contributed by atoms with Crippen molar-refractivity contribution in [3.8, 4) is 0 Å². The van der Waals surface area contributed by atoms with Crippen molar-refractivity contribution in [1.82, 2.24) is 9.80 Å². The highest BCUT2D eigenvalue weighted by Crippen LogP contribution is 2.24. The Hall–Kier alpha value is -2.51. The summed E-state index contributed by atoms with van der Waals surface area (Å²) >= 11 is 6.08. The van der Waals surface area contributed by atoms with Gasteiger partial charge in [0.05, 0.1) is 4.92 Å². The van der Waals surface area contributed by atoms with Gasteiger partial charge in [-0.05, 0) is 25.1 Å². The number of nitro benzene ring substituents is 1. The molecule has 142 valence electrons. The zero-order valence-electron chi connectivity index (χ0n) is 14.8. The lowest BCUT2D eigenvalue weighted by Gasteiger charge is -2.35. The maximum absolute atomic E-state index is 13.9. The highest BCUT2D eigenvalue weighted by Gasteiger charge is 2.26. The Morgan fingerprint density at radius 1 is 1.19 bits per heavy atom. The minimum atomic E-state index is -0.484. The second kappa shape index (κ2) is 8.02. The van der Waals surface area contributed by atoms with Crippen LogP contribution in [0.4, 0.5) is 10.1 Å². The minimum absolute atomic E-state index is 0.0614. The quantitative estimate of drug-likeness (QED) is 0.589. The van der Waals surface area contributed by atoms with Crippen molar-refractivity contribution in [2.75, 3.05) is 26.2 Å². The van der Waals surface area contributed by atoms with Gasteiger partial charge in [-0.1, -0.05) is 23.7 Å². The second-order valence-corrected chi connectivity index (χ2v) is 6.88. The number of halogens is 2. The largest absolute Gasteiger partial charge is 0.336 e. The van der Waals surface area contributed by atoms with Gasteiger partial charge in [-0.25, -0.2) is 4.39 Å². The van der Waals surface area contributed by atoms with E-state index in [1.54, 1.807) is 30.0 Å². The van der Waals surface area contributed by atoms with Crippen molar-refractivity contribution < 1.29 is 14.1 Å².